The number of aromatic nitrogens is 3. The number of amides is 1. The Bertz CT molecular complexity index is 1410. The molecule has 5 rings (SSSR count). The molecule has 2 aromatic carbocycles. The Morgan fingerprint density at radius 3 is 2.80 bits per heavy atom. The molecule has 0 radical (unpaired) electrons. The van der Waals surface area contributed by atoms with Crippen LogP contribution in [0.1, 0.15) is 19.8 Å². The summed E-state index contributed by atoms with van der Waals surface area (Å²) >= 11 is 0. The van der Waals surface area contributed by atoms with Crippen molar-refractivity contribution in [1.82, 2.24) is 19.9 Å². The lowest BCUT2D eigenvalue weighted by Crippen LogP contribution is -2.28. The van der Waals surface area contributed by atoms with Crippen molar-refractivity contribution in [3.63, 3.8) is 0 Å². The van der Waals surface area contributed by atoms with Crippen molar-refractivity contribution in [2.24, 2.45) is 0 Å². The summed E-state index contributed by atoms with van der Waals surface area (Å²) in [5.41, 5.74) is 2.19. The van der Waals surface area contributed by atoms with Crippen LogP contribution < -0.4 is 15.0 Å². The summed E-state index contributed by atoms with van der Waals surface area (Å²) in [6.45, 7) is 3.33. The van der Waals surface area contributed by atoms with Crippen molar-refractivity contribution in [2.75, 3.05) is 37.4 Å². The highest BCUT2D eigenvalue weighted by Gasteiger charge is 2.25. The van der Waals surface area contributed by atoms with E-state index in [1.165, 1.54) is 6.33 Å². The van der Waals surface area contributed by atoms with E-state index in [0.29, 0.717) is 52.9 Å². The first-order valence-corrected chi connectivity index (χ1v) is 11.6. The molecule has 1 N–H and O–H groups in total. The molecule has 1 aliphatic rings. The predicted octanol–water partition coefficient (Wildman–Crippen LogP) is 4.52. The van der Waals surface area contributed by atoms with Gasteiger partial charge >= 0.3 is 0 Å². The van der Waals surface area contributed by atoms with Gasteiger partial charge in [0.15, 0.2) is 5.82 Å². The lowest BCUT2D eigenvalue weighted by Gasteiger charge is -2.23. The fraction of sp³-hybridized carbons (Fsp3) is 0.308. The van der Waals surface area contributed by atoms with E-state index in [1.807, 2.05) is 38.1 Å². The Kier molecular flexibility index (Phi) is 6.17. The molecule has 1 fully saturated rings. The fourth-order valence-electron chi connectivity index (χ4n) is 4.51. The summed E-state index contributed by atoms with van der Waals surface area (Å²) in [5.74, 6) is 0.627. The number of ether oxygens (including phenoxy) is 1. The average Bonchev–Trinajstić information content (AvgIpc) is 3.26. The van der Waals surface area contributed by atoms with Crippen LogP contribution in [-0.2, 0) is 4.79 Å². The molecule has 1 aliphatic heterocycles. The summed E-state index contributed by atoms with van der Waals surface area (Å²) in [6, 6.07) is 10.5. The monoisotopic (exact) mass is 474 g/mol. The zero-order chi connectivity index (χ0) is 24.5. The Morgan fingerprint density at radius 2 is 2.03 bits per heavy atom. The summed E-state index contributed by atoms with van der Waals surface area (Å²) in [5, 5.41) is 4.18. The second-order valence-corrected chi connectivity index (χ2v) is 9.02. The van der Waals surface area contributed by atoms with Gasteiger partial charge in [-0.15, -0.1) is 0 Å². The van der Waals surface area contributed by atoms with Gasteiger partial charge in [-0.1, -0.05) is 0 Å². The average molecular weight is 475 g/mol. The van der Waals surface area contributed by atoms with Gasteiger partial charge in [0, 0.05) is 42.8 Å². The van der Waals surface area contributed by atoms with E-state index in [9.17, 15) is 4.79 Å². The molecule has 0 aliphatic carbocycles. The first kappa shape index (κ1) is 22.9. The number of carbonyl (C=O) groups is 1. The van der Waals surface area contributed by atoms with Crippen molar-refractivity contribution in [3.8, 4) is 5.75 Å². The maximum atomic E-state index is 15.3. The van der Waals surface area contributed by atoms with E-state index >= 15 is 4.39 Å². The molecule has 1 amide bonds. The van der Waals surface area contributed by atoms with Gasteiger partial charge in [0.05, 0.1) is 22.1 Å². The smallest absolute Gasteiger partial charge is 0.227 e. The standard InChI is InChI=1S/C26H27FN6O2/c1-16(14-32(2)3)35-22-13-17(33-11-5-7-23(33)34)12-21-24(22)26(30-15-29-21)31-20-9-8-19-18(25(20)27)6-4-10-28-19/h4,6,8-10,12-13,15-16H,5,7,11,14H2,1-3H3,(H,29,30,31)/t16-/m1/s1. The molecule has 1 saturated heterocycles. The normalized spacial score (nSPS) is 14.8. The van der Waals surface area contributed by atoms with Crippen molar-refractivity contribution in [2.45, 2.75) is 25.9 Å². The summed E-state index contributed by atoms with van der Waals surface area (Å²) in [4.78, 5) is 29.3. The molecule has 8 nitrogen and oxygen atoms in total. The van der Waals surface area contributed by atoms with E-state index in [0.717, 1.165) is 12.1 Å². The zero-order valence-electron chi connectivity index (χ0n) is 20.0. The topological polar surface area (TPSA) is 83.5 Å². The molecule has 2 aromatic heterocycles. The van der Waals surface area contributed by atoms with Crippen LogP contribution in [0, 0.1) is 5.82 Å². The van der Waals surface area contributed by atoms with Crippen LogP contribution >= 0.6 is 0 Å². The number of likely N-dealkylation sites (N-methyl/N-ethyl adjacent to an activating group) is 1. The number of hydrogen-bond donors (Lipinski definition) is 1. The summed E-state index contributed by atoms with van der Waals surface area (Å²) < 4.78 is 21.6. The largest absolute Gasteiger partial charge is 0.488 e. The van der Waals surface area contributed by atoms with Crippen LogP contribution in [0.3, 0.4) is 0 Å². The van der Waals surface area contributed by atoms with Crippen molar-refractivity contribution >= 4 is 44.9 Å². The number of rotatable bonds is 7. The van der Waals surface area contributed by atoms with Crippen LogP contribution in [0.15, 0.2) is 48.9 Å². The van der Waals surface area contributed by atoms with E-state index in [4.69, 9.17) is 4.74 Å². The molecule has 4 aromatic rings. The Morgan fingerprint density at radius 1 is 1.17 bits per heavy atom. The number of fused-ring (bicyclic) bond motifs is 2. The number of anilines is 3. The second kappa shape index (κ2) is 9.42. The van der Waals surface area contributed by atoms with Gasteiger partial charge in [-0.25, -0.2) is 14.4 Å². The van der Waals surface area contributed by atoms with Crippen molar-refractivity contribution in [3.05, 3.63) is 54.7 Å². The quantitative estimate of drug-likeness (QED) is 0.422. The van der Waals surface area contributed by atoms with Crippen molar-refractivity contribution < 1.29 is 13.9 Å². The minimum Gasteiger partial charge on any atom is -0.488 e. The summed E-state index contributed by atoms with van der Waals surface area (Å²) in [7, 11) is 3.95. The lowest BCUT2D eigenvalue weighted by atomic mass is 10.1. The molecule has 180 valence electrons. The third-order valence-corrected chi connectivity index (χ3v) is 5.99. The highest BCUT2D eigenvalue weighted by Crippen LogP contribution is 2.38. The Balaban J connectivity index is 1.61. The molecule has 0 bridgehead atoms. The number of benzene rings is 2. The molecule has 35 heavy (non-hydrogen) atoms. The molecule has 0 spiro atoms. The van der Waals surface area contributed by atoms with Gasteiger partial charge < -0.3 is 19.9 Å². The first-order chi connectivity index (χ1) is 16.9. The van der Waals surface area contributed by atoms with Gasteiger partial charge in [0.1, 0.15) is 24.0 Å². The van der Waals surface area contributed by atoms with Crippen LogP contribution in [0.25, 0.3) is 21.8 Å². The van der Waals surface area contributed by atoms with E-state index in [-0.39, 0.29) is 17.7 Å². The van der Waals surface area contributed by atoms with E-state index in [2.05, 4.69) is 20.3 Å². The third-order valence-electron chi connectivity index (χ3n) is 5.99. The first-order valence-electron chi connectivity index (χ1n) is 11.6. The Hall–Kier alpha value is -3.85. The van der Waals surface area contributed by atoms with E-state index < -0.39 is 5.82 Å². The predicted molar refractivity (Wildman–Crippen MR) is 135 cm³/mol. The van der Waals surface area contributed by atoms with Crippen LogP contribution in [0.2, 0.25) is 0 Å². The van der Waals surface area contributed by atoms with Crippen LogP contribution in [0.5, 0.6) is 5.75 Å². The number of carbonyl (C=O) groups excluding carboxylic acids is 1. The highest BCUT2D eigenvalue weighted by molar-refractivity contribution is 6.02. The minimum atomic E-state index is -0.412. The van der Waals surface area contributed by atoms with Crippen LogP contribution in [0.4, 0.5) is 21.6 Å². The third kappa shape index (κ3) is 4.59. The number of pyridine rings is 1. The van der Waals surface area contributed by atoms with Crippen LogP contribution in [-0.4, -0.2) is 59.0 Å². The number of hydrogen-bond acceptors (Lipinski definition) is 7. The molecule has 9 heteroatoms. The fourth-order valence-corrected chi connectivity index (χ4v) is 4.51. The zero-order valence-corrected chi connectivity index (χ0v) is 20.0. The Labute approximate surface area is 202 Å². The summed E-state index contributed by atoms with van der Waals surface area (Å²) in [6.07, 6.45) is 4.26. The highest BCUT2D eigenvalue weighted by atomic mass is 19.1. The van der Waals surface area contributed by atoms with Gasteiger partial charge in [-0.2, -0.15) is 0 Å². The number of halogens is 1. The van der Waals surface area contributed by atoms with Gasteiger partial charge in [-0.3, -0.25) is 9.78 Å². The lowest BCUT2D eigenvalue weighted by molar-refractivity contribution is -0.117. The molecule has 1 atom stereocenters. The molecule has 0 saturated carbocycles. The van der Waals surface area contributed by atoms with E-state index in [1.54, 1.807) is 35.4 Å². The van der Waals surface area contributed by atoms with Crippen molar-refractivity contribution in [1.29, 1.82) is 0 Å². The second-order valence-electron chi connectivity index (χ2n) is 9.02. The van der Waals surface area contributed by atoms with Gasteiger partial charge in [0.25, 0.3) is 0 Å². The molecular weight excluding hydrogens is 447 g/mol. The molecule has 3 heterocycles. The maximum absolute atomic E-state index is 15.3. The SMILES string of the molecule is C[C@H](CN(C)C)Oc1cc(N2CCCC2=O)cc2ncnc(Nc3ccc4ncccc4c3F)c12. The van der Waals surface area contributed by atoms with Gasteiger partial charge in [0.2, 0.25) is 5.91 Å². The minimum absolute atomic E-state index is 0.0795. The maximum Gasteiger partial charge on any atom is 0.227 e. The molecular formula is C26H27FN6O2. The van der Waals surface area contributed by atoms with Gasteiger partial charge in [-0.05, 0) is 57.8 Å². The number of nitrogens with one attached hydrogen (secondary N) is 1. The molecule has 0 unspecified atom stereocenters. The number of nitrogens with zero attached hydrogens (tertiary/aromatic N) is 5.